The Morgan fingerprint density at radius 3 is 2.57 bits per heavy atom. The Balaban J connectivity index is 2.20. The standard InChI is InChI=1S/C12H16N6O3/c1-7-9(8(2)16(3)15-7)5-13-12(19)11-10(18(20)21)6-14-17(11)4/h6H,5H2,1-4H3,(H,13,19). The summed E-state index contributed by atoms with van der Waals surface area (Å²) in [5.74, 6) is -0.538. The van der Waals surface area contributed by atoms with Crippen molar-refractivity contribution >= 4 is 11.6 Å². The van der Waals surface area contributed by atoms with Crippen LogP contribution < -0.4 is 5.32 Å². The number of rotatable bonds is 4. The van der Waals surface area contributed by atoms with Gasteiger partial charge >= 0.3 is 5.69 Å². The van der Waals surface area contributed by atoms with Crippen molar-refractivity contribution in [2.24, 2.45) is 14.1 Å². The van der Waals surface area contributed by atoms with E-state index in [0.29, 0.717) is 0 Å². The van der Waals surface area contributed by atoms with Gasteiger partial charge in [-0.1, -0.05) is 0 Å². The fraction of sp³-hybridized carbons (Fsp3) is 0.417. The molecule has 2 rings (SSSR count). The Hall–Kier alpha value is -2.71. The number of nitro groups is 1. The van der Waals surface area contributed by atoms with Crippen LogP contribution in [0.1, 0.15) is 27.4 Å². The number of carbonyl (C=O) groups is 1. The number of aromatic nitrogens is 4. The van der Waals surface area contributed by atoms with E-state index in [2.05, 4.69) is 15.5 Å². The zero-order chi connectivity index (χ0) is 15.7. The molecule has 0 spiro atoms. The predicted octanol–water partition coefficient (Wildman–Crippen LogP) is 0.609. The first kappa shape index (κ1) is 14.7. The Morgan fingerprint density at radius 1 is 1.38 bits per heavy atom. The molecule has 2 heterocycles. The molecule has 0 fully saturated rings. The third kappa shape index (κ3) is 2.62. The van der Waals surface area contributed by atoms with Crippen LogP contribution in [0.5, 0.6) is 0 Å². The summed E-state index contributed by atoms with van der Waals surface area (Å²) < 4.78 is 2.92. The van der Waals surface area contributed by atoms with Crippen molar-refractivity contribution in [1.82, 2.24) is 24.9 Å². The molecule has 2 aromatic rings. The zero-order valence-corrected chi connectivity index (χ0v) is 12.2. The van der Waals surface area contributed by atoms with Gasteiger partial charge in [-0.15, -0.1) is 0 Å². The highest BCUT2D eigenvalue weighted by molar-refractivity contribution is 5.96. The molecule has 0 unspecified atom stereocenters. The zero-order valence-electron chi connectivity index (χ0n) is 12.2. The van der Waals surface area contributed by atoms with Gasteiger partial charge < -0.3 is 5.32 Å². The minimum absolute atomic E-state index is 0.0702. The Labute approximate surface area is 120 Å². The lowest BCUT2D eigenvalue weighted by atomic mass is 10.2. The van der Waals surface area contributed by atoms with Crippen molar-refractivity contribution in [3.63, 3.8) is 0 Å². The highest BCUT2D eigenvalue weighted by Crippen LogP contribution is 2.17. The topological polar surface area (TPSA) is 108 Å². The number of nitrogens with zero attached hydrogens (tertiary/aromatic N) is 5. The third-order valence-electron chi connectivity index (χ3n) is 3.42. The number of nitrogens with one attached hydrogen (secondary N) is 1. The maximum Gasteiger partial charge on any atom is 0.320 e. The monoisotopic (exact) mass is 292 g/mol. The molecule has 112 valence electrons. The van der Waals surface area contributed by atoms with Crippen LogP contribution >= 0.6 is 0 Å². The minimum Gasteiger partial charge on any atom is -0.346 e. The minimum atomic E-state index is -0.623. The molecule has 9 heteroatoms. The molecule has 9 nitrogen and oxygen atoms in total. The molecule has 1 N–H and O–H groups in total. The number of hydrogen-bond donors (Lipinski definition) is 1. The smallest absolute Gasteiger partial charge is 0.320 e. The molecule has 0 radical (unpaired) electrons. The van der Waals surface area contributed by atoms with E-state index in [1.165, 1.54) is 11.7 Å². The average molecular weight is 292 g/mol. The van der Waals surface area contributed by atoms with Crippen LogP contribution in [-0.4, -0.2) is 30.4 Å². The van der Waals surface area contributed by atoms with Crippen molar-refractivity contribution in [2.45, 2.75) is 20.4 Å². The highest BCUT2D eigenvalue weighted by Gasteiger charge is 2.25. The van der Waals surface area contributed by atoms with Crippen LogP contribution in [0.3, 0.4) is 0 Å². The lowest BCUT2D eigenvalue weighted by Gasteiger charge is -2.06. The van der Waals surface area contributed by atoms with Gasteiger partial charge in [0.25, 0.3) is 5.91 Å². The summed E-state index contributed by atoms with van der Waals surface area (Å²) in [6.07, 6.45) is 1.06. The maximum atomic E-state index is 12.2. The second kappa shape index (κ2) is 5.35. The van der Waals surface area contributed by atoms with E-state index >= 15 is 0 Å². The van der Waals surface area contributed by atoms with Crippen LogP contribution in [0.15, 0.2) is 6.20 Å². The first-order valence-electron chi connectivity index (χ1n) is 6.26. The molecule has 2 aromatic heterocycles. The van der Waals surface area contributed by atoms with Crippen LogP contribution in [0.4, 0.5) is 5.69 Å². The molecule has 21 heavy (non-hydrogen) atoms. The largest absolute Gasteiger partial charge is 0.346 e. The molecule has 0 saturated heterocycles. The molecule has 0 bridgehead atoms. The highest BCUT2D eigenvalue weighted by atomic mass is 16.6. The summed E-state index contributed by atoms with van der Waals surface area (Å²) in [4.78, 5) is 22.4. The van der Waals surface area contributed by atoms with Gasteiger partial charge in [0.2, 0.25) is 5.69 Å². The van der Waals surface area contributed by atoms with E-state index in [-0.39, 0.29) is 17.9 Å². The maximum absolute atomic E-state index is 12.2. The lowest BCUT2D eigenvalue weighted by Crippen LogP contribution is -2.26. The van der Waals surface area contributed by atoms with E-state index in [9.17, 15) is 14.9 Å². The van der Waals surface area contributed by atoms with Crippen molar-refractivity contribution in [3.05, 3.63) is 39.0 Å². The molecule has 0 aliphatic heterocycles. The molecule has 1 amide bonds. The summed E-state index contributed by atoms with van der Waals surface area (Å²) in [5.41, 5.74) is 2.27. The average Bonchev–Trinajstić information content (AvgIpc) is 2.90. The molecule has 0 aliphatic carbocycles. The van der Waals surface area contributed by atoms with Crippen molar-refractivity contribution in [2.75, 3.05) is 0 Å². The summed E-state index contributed by atoms with van der Waals surface area (Å²) in [7, 11) is 3.31. The number of aryl methyl sites for hydroxylation is 3. The van der Waals surface area contributed by atoms with Gasteiger partial charge in [0.15, 0.2) is 0 Å². The van der Waals surface area contributed by atoms with E-state index in [1.54, 1.807) is 4.68 Å². The van der Waals surface area contributed by atoms with Crippen LogP contribution in [0, 0.1) is 24.0 Å². The van der Waals surface area contributed by atoms with Crippen molar-refractivity contribution in [1.29, 1.82) is 0 Å². The van der Waals surface area contributed by atoms with Gasteiger partial charge in [-0.05, 0) is 13.8 Å². The summed E-state index contributed by atoms with van der Waals surface area (Å²) in [6, 6.07) is 0. The number of carbonyl (C=O) groups excluding carboxylic acids is 1. The number of amides is 1. The van der Waals surface area contributed by atoms with Crippen molar-refractivity contribution < 1.29 is 9.72 Å². The van der Waals surface area contributed by atoms with Gasteiger partial charge in [0.1, 0.15) is 6.20 Å². The van der Waals surface area contributed by atoms with Gasteiger partial charge in [-0.2, -0.15) is 10.2 Å². The van der Waals surface area contributed by atoms with E-state index in [0.717, 1.165) is 23.1 Å². The van der Waals surface area contributed by atoms with Gasteiger partial charge in [0, 0.05) is 31.9 Å². The second-order valence-corrected chi connectivity index (χ2v) is 4.71. The van der Waals surface area contributed by atoms with Gasteiger partial charge in [-0.3, -0.25) is 24.3 Å². The van der Waals surface area contributed by atoms with Crippen LogP contribution in [0.25, 0.3) is 0 Å². The van der Waals surface area contributed by atoms with Crippen molar-refractivity contribution in [3.8, 4) is 0 Å². The fourth-order valence-corrected chi connectivity index (χ4v) is 2.15. The molecule has 0 aliphatic rings. The predicted molar refractivity (Wildman–Crippen MR) is 73.7 cm³/mol. The third-order valence-corrected chi connectivity index (χ3v) is 3.42. The number of hydrogen-bond acceptors (Lipinski definition) is 5. The Bertz CT molecular complexity index is 715. The lowest BCUT2D eigenvalue weighted by molar-refractivity contribution is -0.385. The summed E-state index contributed by atoms with van der Waals surface area (Å²) in [6.45, 7) is 4.00. The van der Waals surface area contributed by atoms with Gasteiger partial charge in [0.05, 0.1) is 10.6 Å². The quantitative estimate of drug-likeness (QED) is 0.656. The Kier molecular flexibility index (Phi) is 3.74. The van der Waals surface area contributed by atoms with Gasteiger partial charge in [-0.25, -0.2) is 0 Å². The summed E-state index contributed by atoms with van der Waals surface area (Å²) in [5, 5.41) is 21.6. The van der Waals surface area contributed by atoms with Crippen LogP contribution in [0.2, 0.25) is 0 Å². The molecular formula is C12H16N6O3. The second-order valence-electron chi connectivity index (χ2n) is 4.71. The first-order chi connectivity index (χ1) is 9.82. The Morgan fingerprint density at radius 2 is 2.05 bits per heavy atom. The summed E-state index contributed by atoms with van der Waals surface area (Å²) >= 11 is 0. The van der Waals surface area contributed by atoms with Crippen LogP contribution in [-0.2, 0) is 20.6 Å². The van der Waals surface area contributed by atoms with E-state index in [4.69, 9.17) is 0 Å². The first-order valence-corrected chi connectivity index (χ1v) is 6.26. The normalized spacial score (nSPS) is 10.7. The van der Waals surface area contributed by atoms with E-state index in [1.807, 2.05) is 20.9 Å². The molecule has 0 aromatic carbocycles. The molecular weight excluding hydrogens is 276 g/mol. The fourth-order valence-electron chi connectivity index (χ4n) is 2.15. The molecule has 0 atom stereocenters. The molecule has 0 saturated carbocycles. The van der Waals surface area contributed by atoms with E-state index < -0.39 is 10.8 Å². The SMILES string of the molecule is Cc1nn(C)c(C)c1CNC(=O)c1c([N+](=O)[O-])cnn1C.